The van der Waals surface area contributed by atoms with Crippen LogP contribution < -0.4 is 10.6 Å². The molecule has 11 heteroatoms. The summed E-state index contributed by atoms with van der Waals surface area (Å²) < 4.78 is 53.6. The third-order valence-corrected chi connectivity index (χ3v) is 5.46. The first-order valence-electron chi connectivity index (χ1n) is 10.9. The van der Waals surface area contributed by atoms with Crippen LogP contribution in [-0.4, -0.2) is 33.8 Å². The van der Waals surface area contributed by atoms with Gasteiger partial charge in [0.2, 0.25) is 0 Å². The molecule has 188 valence electrons. The molecule has 37 heavy (non-hydrogen) atoms. The minimum atomic E-state index is -4.73. The van der Waals surface area contributed by atoms with Crippen LogP contribution in [0.15, 0.2) is 67.1 Å². The first-order chi connectivity index (χ1) is 17.6. The van der Waals surface area contributed by atoms with Crippen molar-refractivity contribution in [1.29, 1.82) is 0 Å². The Hall–Kier alpha value is -4.67. The average molecular weight is 509 g/mol. The number of benzene rings is 1. The van der Waals surface area contributed by atoms with Crippen molar-refractivity contribution in [1.82, 2.24) is 20.3 Å². The number of hydrogen-bond donors (Lipinski definition) is 2. The number of hydrogen-bond acceptors (Lipinski definition) is 5. The van der Waals surface area contributed by atoms with E-state index < -0.39 is 23.6 Å². The van der Waals surface area contributed by atoms with Gasteiger partial charge in [-0.1, -0.05) is 0 Å². The van der Waals surface area contributed by atoms with Gasteiger partial charge in [-0.05, 0) is 72.1 Å². The molecule has 2 N–H and O–H groups in total. The molecule has 3 heterocycles. The third kappa shape index (κ3) is 5.61. The fourth-order valence-corrected chi connectivity index (χ4v) is 3.60. The zero-order valence-electron chi connectivity index (χ0n) is 19.5. The Morgan fingerprint density at radius 1 is 0.838 bits per heavy atom. The molecule has 4 rings (SSSR count). The summed E-state index contributed by atoms with van der Waals surface area (Å²) in [5.74, 6) is -2.03. The molecule has 3 aromatic heterocycles. The Morgan fingerprint density at radius 2 is 1.54 bits per heavy atom. The monoisotopic (exact) mass is 509 g/mol. The second-order valence-corrected chi connectivity index (χ2v) is 7.97. The molecule has 0 bridgehead atoms. The van der Waals surface area contributed by atoms with Crippen molar-refractivity contribution in [2.24, 2.45) is 0 Å². The van der Waals surface area contributed by atoms with E-state index in [1.807, 2.05) is 0 Å². The number of nitrogens with zero attached hydrogens (tertiary/aromatic N) is 3. The fourth-order valence-electron chi connectivity index (χ4n) is 3.60. The standard InChI is InChI=1S/C26H19F4N5O2/c1-14-9-19(27)21(35-24(36)17-5-8-34-23(12-17)26(28,29)30)13-18(14)15-3-6-32-20(10-15)16-4-7-33-22(11-16)25(37)31-2/h3-13H,1-2H3,(H,31,37)(H,35,36). The van der Waals surface area contributed by atoms with Crippen LogP contribution in [0, 0.1) is 12.7 Å². The molecule has 0 aliphatic carbocycles. The smallest absolute Gasteiger partial charge is 0.354 e. The molecule has 0 aliphatic heterocycles. The number of rotatable bonds is 5. The van der Waals surface area contributed by atoms with E-state index in [1.165, 1.54) is 25.4 Å². The van der Waals surface area contributed by atoms with Gasteiger partial charge in [0.25, 0.3) is 11.8 Å². The van der Waals surface area contributed by atoms with Crippen LogP contribution in [0.3, 0.4) is 0 Å². The minimum absolute atomic E-state index is 0.208. The number of amides is 2. The summed E-state index contributed by atoms with van der Waals surface area (Å²) in [4.78, 5) is 36.1. The number of halogens is 4. The highest BCUT2D eigenvalue weighted by Crippen LogP contribution is 2.32. The van der Waals surface area contributed by atoms with Gasteiger partial charge in [0.15, 0.2) is 0 Å². The number of anilines is 1. The van der Waals surface area contributed by atoms with Crippen molar-refractivity contribution in [2.75, 3.05) is 12.4 Å². The lowest BCUT2D eigenvalue weighted by Gasteiger charge is -2.13. The Balaban J connectivity index is 1.67. The van der Waals surface area contributed by atoms with Gasteiger partial charge < -0.3 is 10.6 Å². The van der Waals surface area contributed by atoms with Crippen molar-refractivity contribution in [3.05, 3.63) is 95.5 Å². The highest BCUT2D eigenvalue weighted by molar-refractivity contribution is 6.04. The molecule has 0 saturated carbocycles. The average Bonchev–Trinajstić information content (AvgIpc) is 2.89. The summed E-state index contributed by atoms with van der Waals surface area (Å²) in [6.45, 7) is 1.68. The van der Waals surface area contributed by atoms with E-state index in [0.717, 1.165) is 12.3 Å². The largest absolute Gasteiger partial charge is 0.433 e. The van der Waals surface area contributed by atoms with Crippen LogP contribution in [-0.2, 0) is 6.18 Å². The molecule has 0 atom stereocenters. The maximum absolute atomic E-state index is 14.7. The van der Waals surface area contributed by atoms with Crippen molar-refractivity contribution >= 4 is 17.5 Å². The van der Waals surface area contributed by atoms with E-state index in [2.05, 4.69) is 25.6 Å². The normalized spacial score (nSPS) is 11.2. The molecule has 0 spiro atoms. The fraction of sp³-hybridized carbons (Fsp3) is 0.115. The highest BCUT2D eigenvalue weighted by atomic mass is 19.4. The van der Waals surface area contributed by atoms with Gasteiger partial charge in [0, 0.05) is 36.8 Å². The number of nitrogens with one attached hydrogen (secondary N) is 2. The molecule has 0 fully saturated rings. The van der Waals surface area contributed by atoms with Gasteiger partial charge in [0.05, 0.1) is 11.4 Å². The number of aromatic nitrogens is 3. The molecular weight excluding hydrogens is 490 g/mol. The van der Waals surface area contributed by atoms with Crippen LogP contribution in [0.4, 0.5) is 23.2 Å². The summed E-state index contributed by atoms with van der Waals surface area (Å²) >= 11 is 0. The Bertz CT molecular complexity index is 1500. The van der Waals surface area contributed by atoms with E-state index in [4.69, 9.17) is 0 Å². The van der Waals surface area contributed by atoms with Crippen molar-refractivity contribution in [3.8, 4) is 22.4 Å². The second-order valence-electron chi connectivity index (χ2n) is 7.97. The highest BCUT2D eigenvalue weighted by Gasteiger charge is 2.33. The summed E-state index contributed by atoms with van der Waals surface area (Å²) in [7, 11) is 1.49. The summed E-state index contributed by atoms with van der Waals surface area (Å²) in [5, 5.41) is 4.84. The molecule has 4 aromatic rings. The number of pyridine rings is 3. The zero-order valence-corrected chi connectivity index (χ0v) is 19.5. The van der Waals surface area contributed by atoms with Gasteiger partial charge in [0.1, 0.15) is 17.2 Å². The lowest BCUT2D eigenvalue weighted by molar-refractivity contribution is -0.141. The molecule has 7 nitrogen and oxygen atoms in total. The number of carbonyl (C=O) groups is 2. The molecular formula is C26H19F4N5O2. The Morgan fingerprint density at radius 3 is 2.27 bits per heavy atom. The summed E-state index contributed by atoms with van der Waals surface area (Å²) in [6, 6.07) is 11.0. The van der Waals surface area contributed by atoms with Gasteiger partial charge in [-0.25, -0.2) is 4.39 Å². The number of aryl methyl sites for hydroxylation is 1. The van der Waals surface area contributed by atoms with Crippen LogP contribution in [0.5, 0.6) is 0 Å². The third-order valence-electron chi connectivity index (χ3n) is 5.46. The van der Waals surface area contributed by atoms with Gasteiger partial charge in [-0.2, -0.15) is 13.2 Å². The maximum atomic E-state index is 14.7. The van der Waals surface area contributed by atoms with Gasteiger partial charge >= 0.3 is 6.18 Å². The predicted octanol–water partition coefficient (Wildman–Crippen LogP) is 5.28. The summed E-state index contributed by atoms with van der Waals surface area (Å²) in [6.07, 6.45) is -0.842. The van der Waals surface area contributed by atoms with Crippen molar-refractivity contribution < 1.29 is 27.2 Å². The molecule has 2 amide bonds. The van der Waals surface area contributed by atoms with Crippen molar-refractivity contribution in [2.45, 2.75) is 13.1 Å². The lowest BCUT2D eigenvalue weighted by atomic mass is 9.98. The molecule has 0 aliphatic rings. The second kappa shape index (κ2) is 10.1. The van der Waals surface area contributed by atoms with Crippen LogP contribution in [0.1, 0.15) is 32.1 Å². The Kier molecular flexibility index (Phi) is 6.96. The minimum Gasteiger partial charge on any atom is -0.354 e. The number of alkyl halides is 3. The quantitative estimate of drug-likeness (QED) is 0.357. The van der Waals surface area contributed by atoms with Crippen molar-refractivity contribution in [3.63, 3.8) is 0 Å². The van der Waals surface area contributed by atoms with E-state index in [9.17, 15) is 27.2 Å². The van der Waals surface area contributed by atoms with Crippen LogP contribution in [0.2, 0.25) is 0 Å². The van der Waals surface area contributed by atoms with E-state index in [1.54, 1.807) is 37.4 Å². The SMILES string of the molecule is CNC(=O)c1cc(-c2cc(-c3cc(NC(=O)c4ccnc(C(F)(F)F)c4)c(F)cc3C)ccn2)ccn1. The first kappa shape index (κ1) is 25.4. The van der Waals surface area contributed by atoms with Crippen LogP contribution in [0.25, 0.3) is 22.4 Å². The Labute approximate surface area is 208 Å². The lowest BCUT2D eigenvalue weighted by Crippen LogP contribution is -2.19. The first-order valence-corrected chi connectivity index (χ1v) is 10.9. The number of carbonyl (C=O) groups excluding carboxylic acids is 2. The van der Waals surface area contributed by atoms with Gasteiger partial charge in [-0.15, -0.1) is 0 Å². The molecule has 0 saturated heterocycles. The zero-order chi connectivity index (χ0) is 26.7. The molecule has 1 aromatic carbocycles. The predicted molar refractivity (Wildman–Crippen MR) is 128 cm³/mol. The molecule has 0 radical (unpaired) electrons. The van der Waals surface area contributed by atoms with E-state index >= 15 is 0 Å². The van der Waals surface area contributed by atoms with E-state index in [0.29, 0.717) is 34.0 Å². The van der Waals surface area contributed by atoms with Crippen LogP contribution >= 0.6 is 0 Å². The summed E-state index contributed by atoms with van der Waals surface area (Å²) in [5.41, 5.74) is 1.35. The van der Waals surface area contributed by atoms with E-state index in [-0.39, 0.29) is 22.9 Å². The maximum Gasteiger partial charge on any atom is 0.433 e. The molecule has 0 unspecified atom stereocenters. The van der Waals surface area contributed by atoms with Gasteiger partial charge in [-0.3, -0.25) is 24.5 Å². The topological polar surface area (TPSA) is 96.9 Å².